The lowest BCUT2D eigenvalue weighted by molar-refractivity contribution is -0.146. The molecule has 0 fully saturated rings. The van der Waals surface area contributed by atoms with Crippen LogP contribution in [0.1, 0.15) is 19.4 Å². The molecule has 0 saturated heterocycles. The van der Waals surface area contributed by atoms with E-state index in [9.17, 15) is 13.2 Å². The molecule has 0 unspecified atom stereocenters. The lowest BCUT2D eigenvalue weighted by Gasteiger charge is -2.19. The van der Waals surface area contributed by atoms with Crippen molar-refractivity contribution in [3.63, 3.8) is 0 Å². The van der Waals surface area contributed by atoms with Gasteiger partial charge in [0, 0.05) is 19.3 Å². The zero-order valence-corrected chi connectivity index (χ0v) is 12.1. The maximum absolute atomic E-state index is 11.3. The third-order valence-electron chi connectivity index (χ3n) is 2.83. The number of nitrogens with one attached hydrogen (secondary N) is 1. The normalized spacial score (nSPS) is 12.4. The summed E-state index contributed by atoms with van der Waals surface area (Å²) in [7, 11) is -3.17. The van der Waals surface area contributed by atoms with E-state index in [1.165, 1.54) is 0 Å². The van der Waals surface area contributed by atoms with Gasteiger partial charge in [-0.1, -0.05) is 12.1 Å². The van der Waals surface area contributed by atoms with Gasteiger partial charge in [0.05, 0.1) is 10.3 Å². The first-order valence-corrected chi connectivity index (χ1v) is 7.75. The number of carboxylic acid groups (broad SMARTS) is 1. The van der Waals surface area contributed by atoms with E-state index >= 15 is 0 Å². The van der Waals surface area contributed by atoms with Gasteiger partial charge in [0.25, 0.3) is 0 Å². The molecule has 0 radical (unpaired) electrons. The molecular weight excluding hydrogens is 266 g/mol. The third kappa shape index (κ3) is 4.65. The van der Waals surface area contributed by atoms with Gasteiger partial charge in [-0.3, -0.25) is 4.79 Å². The zero-order valence-electron chi connectivity index (χ0n) is 11.3. The smallest absolute Gasteiger partial charge is 0.310 e. The highest BCUT2D eigenvalue weighted by atomic mass is 32.2. The van der Waals surface area contributed by atoms with Gasteiger partial charge in [-0.15, -0.1) is 0 Å². The van der Waals surface area contributed by atoms with Crippen molar-refractivity contribution < 1.29 is 18.3 Å². The van der Waals surface area contributed by atoms with Crippen molar-refractivity contribution in [2.45, 2.75) is 25.3 Å². The first-order chi connectivity index (χ1) is 8.63. The van der Waals surface area contributed by atoms with E-state index in [0.717, 1.165) is 11.8 Å². The molecular formula is C13H19NO4S. The van der Waals surface area contributed by atoms with E-state index in [2.05, 4.69) is 5.32 Å². The van der Waals surface area contributed by atoms with Crippen LogP contribution in [0.3, 0.4) is 0 Å². The van der Waals surface area contributed by atoms with Crippen molar-refractivity contribution in [3.05, 3.63) is 29.8 Å². The maximum atomic E-state index is 11.3. The standard InChI is InChI=1S/C13H19NO4S/c1-13(2,12(15)16)9-14-8-10-4-6-11(7-5-10)19(3,17)18/h4-7,14H,8-9H2,1-3H3,(H,15,16). The Kier molecular flexibility index (Phi) is 4.70. The minimum Gasteiger partial charge on any atom is -0.481 e. The van der Waals surface area contributed by atoms with Gasteiger partial charge >= 0.3 is 5.97 Å². The predicted molar refractivity (Wildman–Crippen MR) is 72.7 cm³/mol. The Bertz CT molecular complexity index is 547. The Morgan fingerprint density at radius 1 is 1.26 bits per heavy atom. The Hall–Kier alpha value is -1.40. The van der Waals surface area contributed by atoms with Gasteiger partial charge in [0.2, 0.25) is 0 Å². The molecule has 1 aromatic rings. The molecule has 1 rings (SSSR count). The van der Waals surface area contributed by atoms with Gasteiger partial charge in [-0.05, 0) is 31.5 Å². The molecule has 1 aromatic carbocycles. The maximum Gasteiger partial charge on any atom is 0.310 e. The van der Waals surface area contributed by atoms with Crippen LogP contribution in [0.4, 0.5) is 0 Å². The second-order valence-electron chi connectivity index (χ2n) is 5.21. The average Bonchev–Trinajstić information content (AvgIpc) is 2.28. The minimum absolute atomic E-state index is 0.280. The Morgan fingerprint density at radius 2 is 1.79 bits per heavy atom. The van der Waals surface area contributed by atoms with Crippen LogP contribution in [0.2, 0.25) is 0 Å². The molecule has 0 aromatic heterocycles. The fourth-order valence-corrected chi connectivity index (χ4v) is 2.08. The van der Waals surface area contributed by atoms with Crippen molar-refractivity contribution in [2.24, 2.45) is 5.41 Å². The summed E-state index contributed by atoms with van der Waals surface area (Å²) in [6.07, 6.45) is 1.16. The molecule has 2 N–H and O–H groups in total. The Labute approximate surface area is 113 Å². The molecule has 0 amide bonds. The fraction of sp³-hybridized carbons (Fsp3) is 0.462. The molecule has 0 aliphatic carbocycles. The second kappa shape index (κ2) is 5.71. The molecule has 6 heteroatoms. The number of hydrogen-bond donors (Lipinski definition) is 2. The molecule has 0 heterocycles. The quantitative estimate of drug-likeness (QED) is 0.823. The summed E-state index contributed by atoms with van der Waals surface area (Å²) in [6.45, 7) is 4.14. The number of rotatable bonds is 6. The van der Waals surface area contributed by atoms with Crippen molar-refractivity contribution >= 4 is 15.8 Å². The van der Waals surface area contributed by atoms with E-state index in [1.807, 2.05) is 0 Å². The van der Waals surface area contributed by atoms with E-state index in [0.29, 0.717) is 13.1 Å². The first kappa shape index (κ1) is 15.7. The predicted octanol–water partition coefficient (Wildman–Crippen LogP) is 1.29. The van der Waals surface area contributed by atoms with Crippen molar-refractivity contribution in [2.75, 3.05) is 12.8 Å². The van der Waals surface area contributed by atoms with Gasteiger partial charge < -0.3 is 10.4 Å². The van der Waals surface area contributed by atoms with Crippen LogP contribution in [0.15, 0.2) is 29.2 Å². The number of aliphatic carboxylic acids is 1. The topological polar surface area (TPSA) is 83.5 Å². The van der Waals surface area contributed by atoms with Crippen LogP contribution >= 0.6 is 0 Å². The summed E-state index contributed by atoms with van der Waals surface area (Å²) in [5, 5.41) is 12.0. The first-order valence-electron chi connectivity index (χ1n) is 5.86. The zero-order chi connectivity index (χ0) is 14.7. The van der Waals surface area contributed by atoms with E-state index in [1.54, 1.807) is 38.1 Å². The van der Waals surface area contributed by atoms with Gasteiger partial charge in [0.1, 0.15) is 0 Å². The van der Waals surface area contributed by atoms with E-state index in [-0.39, 0.29) is 4.90 Å². The van der Waals surface area contributed by atoms with Crippen LogP contribution in [0.25, 0.3) is 0 Å². The SMILES string of the molecule is CC(C)(CNCc1ccc(S(C)(=O)=O)cc1)C(=O)O. The molecule has 0 spiro atoms. The highest BCUT2D eigenvalue weighted by Gasteiger charge is 2.26. The Morgan fingerprint density at radius 3 is 2.21 bits per heavy atom. The molecule has 19 heavy (non-hydrogen) atoms. The molecule has 0 aliphatic heterocycles. The monoisotopic (exact) mass is 285 g/mol. The van der Waals surface area contributed by atoms with Crippen LogP contribution in [0, 0.1) is 5.41 Å². The lowest BCUT2D eigenvalue weighted by Crippen LogP contribution is -2.35. The summed E-state index contributed by atoms with van der Waals surface area (Å²) in [6, 6.07) is 6.54. The van der Waals surface area contributed by atoms with Crippen LogP contribution in [-0.2, 0) is 21.2 Å². The Balaban J connectivity index is 2.59. The largest absolute Gasteiger partial charge is 0.481 e. The van der Waals surface area contributed by atoms with E-state index in [4.69, 9.17) is 5.11 Å². The minimum atomic E-state index is -3.17. The number of carbonyl (C=O) groups is 1. The summed E-state index contributed by atoms with van der Waals surface area (Å²) < 4.78 is 22.6. The molecule has 0 saturated carbocycles. The molecule has 0 aliphatic rings. The average molecular weight is 285 g/mol. The summed E-state index contributed by atoms with van der Waals surface area (Å²) in [5.41, 5.74) is 0.0840. The molecule has 5 nitrogen and oxygen atoms in total. The third-order valence-corrected chi connectivity index (χ3v) is 3.95. The van der Waals surface area contributed by atoms with Gasteiger partial charge in [0.15, 0.2) is 9.84 Å². The highest BCUT2D eigenvalue weighted by Crippen LogP contribution is 2.14. The summed E-state index contributed by atoms with van der Waals surface area (Å²) in [4.78, 5) is 11.2. The van der Waals surface area contributed by atoms with Crippen molar-refractivity contribution in [1.82, 2.24) is 5.32 Å². The van der Waals surface area contributed by atoms with Gasteiger partial charge in [-0.25, -0.2) is 8.42 Å². The number of hydrogen-bond acceptors (Lipinski definition) is 4. The fourth-order valence-electron chi connectivity index (χ4n) is 1.45. The van der Waals surface area contributed by atoms with E-state index < -0.39 is 21.2 Å². The van der Waals surface area contributed by atoms with Crippen molar-refractivity contribution in [1.29, 1.82) is 0 Å². The summed E-state index contributed by atoms with van der Waals surface area (Å²) >= 11 is 0. The lowest BCUT2D eigenvalue weighted by atomic mass is 9.94. The number of carboxylic acids is 1. The molecule has 0 bridgehead atoms. The molecule has 0 atom stereocenters. The van der Waals surface area contributed by atoms with Crippen LogP contribution in [0.5, 0.6) is 0 Å². The number of benzene rings is 1. The number of sulfone groups is 1. The second-order valence-corrected chi connectivity index (χ2v) is 7.22. The highest BCUT2D eigenvalue weighted by molar-refractivity contribution is 7.90. The van der Waals surface area contributed by atoms with Crippen molar-refractivity contribution in [3.8, 4) is 0 Å². The molecule has 106 valence electrons. The van der Waals surface area contributed by atoms with Crippen LogP contribution < -0.4 is 5.32 Å². The van der Waals surface area contributed by atoms with Gasteiger partial charge in [-0.2, -0.15) is 0 Å². The van der Waals surface area contributed by atoms with Crippen LogP contribution in [-0.4, -0.2) is 32.3 Å². The summed E-state index contributed by atoms with van der Waals surface area (Å²) in [5.74, 6) is -0.854.